The Bertz CT molecular complexity index is 1360. The normalized spacial score (nSPS) is 20.8. The number of ether oxygens (including phenoxy) is 1. The molecule has 5 heterocycles. The molecular formula is C26H30FN7O3. The van der Waals surface area contributed by atoms with E-state index in [9.17, 15) is 14.0 Å². The minimum absolute atomic E-state index is 0.106. The van der Waals surface area contributed by atoms with Crippen LogP contribution in [0.15, 0.2) is 30.3 Å². The number of carbonyl (C=O) groups is 2. The van der Waals surface area contributed by atoms with Gasteiger partial charge < -0.3 is 24.8 Å². The maximum absolute atomic E-state index is 14.2. The number of nitrogens with zero attached hydrogens (tertiary/aromatic N) is 6. The predicted octanol–water partition coefficient (Wildman–Crippen LogP) is 2.39. The summed E-state index contributed by atoms with van der Waals surface area (Å²) in [6, 6.07) is 7.53. The molecule has 10 nitrogen and oxygen atoms in total. The highest BCUT2D eigenvalue weighted by molar-refractivity contribution is 5.97. The Morgan fingerprint density at radius 3 is 2.73 bits per heavy atom. The number of hydrogen-bond donors (Lipinski definition) is 1. The number of anilines is 2. The molecule has 2 fully saturated rings. The number of amides is 2. The fourth-order valence-corrected chi connectivity index (χ4v) is 5.21. The maximum atomic E-state index is 14.2. The summed E-state index contributed by atoms with van der Waals surface area (Å²) in [5, 5.41) is 7.79. The fraction of sp³-hybridized carbons (Fsp3) is 0.462. The van der Waals surface area contributed by atoms with Gasteiger partial charge in [0.25, 0.3) is 11.8 Å². The summed E-state index contributed by atoms with van der Waals surface area (Å²) < 4.78 is 21.8. The highest BCUT2D eigenvalue weighted by atomic mass is 19.1. The van der Waals surface area contributed by atoms with Crippen molar-refractivity contribution in [3.8, 4) is 5.75 Å². The molecular weight excluding hydrogens is 477 g/mol. The monoisotopic (exact) mass is 507 g/mol. The summed E-state index contributed by atoms with van der Waals surface area (Å²) in [7, 11) is 1.96. The molecule has 1 N–H and O–H groups in total. The first kappa shape index (κ1) is 23.5. The Kier molecular flexibility index (Phi) is 6.05. The van der Waals surface area contributed by atoms with E-state index in [-0.39, 0.29) is 35.8 Å². The molecule has 2 saturated heterocycles. The van der Waals surface area contributed by atoms with E-state index in [4.69, 9.17) is 14.8 Å². The quantitative estimate of drug-likeness (QED) is 0.541. The summed E-state index contributed by atoms with van der Waals surface area (Å²) in [6.07, 6.45) is 3.68. The van der Waals surface area contributed by atoms with Gasteiger partial charge in [-0.1, -0.05) is 0 Å². The molecule has 3 aliphatic rings. The maximum Gasteiger partial charge on any atom is 0.258 e. The Hall–Kier alpha value is -3.89. The molecule has 1 atom stereocenters. The van der Waals surface area contributed by atoms with Gasteiger partial charge in [-0.3, -0.25) is 9.59 Å². The van der Waals surface area contributed by atoms with Crippen molar-refractivity contribution in [2.24, 2.45) is 0 Å². The lowest BCUT2D eigenvalue weighted by Crippen LogP contribution is -2.39. The Labute approximate surface area is 214 Å². The molecule has 0 spiro atoms. The van der Waals surface area contributed by atoms with Gasteiger partial charge in [-0.2, -0.15) is 9.61 Å². The number of likely N-dealkylation sites (N-methyl/N-ethyl adjacent to an activating group) is 1. The van der Waals surface area contributed by atoms with Crippen molar-refractivity contribution in [3.63, 3.8) is 0 Å². The highest BCUT2D eigenvalue weighted by Crippen LogP contribution is 2.35. The summed E-state index contributed by atoms with van der Waals surface area (Å²) >= 11 is 0. The largest absolute Gasteiger partial charge is 0.483 e. The summed E-state index contributed by atoms with van der Waals surface area (Å²) in [4.78, 5) is 37.2. The number of carbonyl (C=O) groups excluding carboxylic acids is 2. The number of aromatic nitrogens is 3. The zero-order chi connectivity index (χ0) is 25.5. The van der Waals surface area contributed by atoms with E-state index >= 15 is 0 Å². The van der Waals surface area contributed by atoms with Crippen LogP contribution in [0.3, 0.4) is 0 Å². The number of hydrogen-bond acceptors (Lipinski definition) is 7. The van der Waals surface area contributed by atoms with Gasteiger partial charge >= 0.3 is 0 Å². The van der Waals surface area contributed by atoms with Crippen molar-refractivity contribution in [2.45, 2.75) is 31.7 Å². The molecule has 194 valence electrons. The zero-order valence-corrected chi connectivity index (χ0v) is 20.8. The average molecular weight is 508 g/mol. The molecule has 3 aromatic rings. The van der Waals surface area contributed by atoms with E-state index in [0.29, 0.717) is 25.3 Å². The first-order valence-electron chi connectivity index (χ1n) is 12.8. The molecule has 2 aromatic heterocycles. The number of piperidine rings is 1. The third kappa shape index (κ3) is 4.42. The minimum atomic E-state index is -0.536. The van der Waals surface area contributed by atoms with E-state index in [1.807, 2.05) is 28.6 Å². The van der Waals surface area contributed by atoms with Crippen molar-refractivity contribution in [2.75, 3.05) is 56.2 Å². The molecule has 2 amide bonds. The van der Waals surface area contributed by atoms with Crippen LogP contribution >= 0.6 is 0 Å². The lowest BCUT2D eigenvalue weighted by atomic mass is 9.98. The molecule has 1 aromatic carbocycles. The van der Waals surface area contributed by atoms with Gasteiger partial charge in [0, 0.05) is 51.9 Å². The van der Waals surface area contributed by atoms with Crippen molar-refractivity contribution in [3.05, 3.63) is 47.4 Å². The lowest BCUT2D eigenvalue weighted by Gasteiger charge is -2.35. The van der Waals surface area contributed by atoms with E-state index in [0.717, 1.165) is 56.1 Å². The number of fused-ring (bicyclic) bond motifs is 4. The highest BCUT2D eigenvalue weighted by Gasteiger charge is 2.33. The average Bonchev–Trinajstić information content (AvgIpc) is 3.29. The first-order chi connectivity index (χ1) is 18.0. The molecule has 2 bridgehead atoms. The zero-order valence-electron chi connectivity index (χ0n) is 20.8. The van der Waals surface area contributed by atoms with E-state index in [1.54, 1.807) is 4.90 Å². The second kappa shape index (κ2) is 9.53. The van der Waals surface area contributed by atoms with Gasteiger partial charge in [-0.25, -0.2) is 9.37 Å². The summed E-state index contributed by atoms with van der Waals surface area (Å²) in [5.41, 5.74) is 1.58. The minimum Gasteiger partial charge on any atom is -0.483 e. The van der Waals surface area contributed by atoms with Crippen molar-refractivity contribution in [1.82, 2.24) is 24.8 Å². The third-order valence-electron chi connectivity index (χ3n) is 7.39. The van der Waals surface area contributed by atoms with E-state index < -0.39 is 5.82 Å². The van der Waals surface area contributed by atoms with Crippen LogP contribution in [0, 0.1) is 5.82 Å². The van der Waals surface area contributed by atoms with Crippen LogP contribution in [0.2, 0.25) is 0 Å². The van der Waals surface area contributed by atoms with Crippen LogP contribution in [0.25, 0.3) is 5.65 Å². The van der Waals surface area contributed by atoms with Crippen LogP contribution < -0.4 is 19.9 Å². The Morgan fingerprint density at radius 1 is 1.05 bits per heavy atom. The van der Waals surface area contributed by atoms with E-state index in [2.05, 4.69) is 10.2 Å². The summed E-state index contributed by atoms with van der Waals surface area (Å²) in [5.74, 6) is 0.747. The number of nitrogens with one attached hydrogen (secondary N) is 1. The molecule has 0 radical (unpaired) electrons. The van der Waals surface area contributed by atoms with Crippen LogP contribution in [-0.4, -0.2) is 77.7 Å². The van der Waals surface area contributed by atoms with Crippen LogP contribution in [-0.2, 0) is 4.79 Å². The molecule has 0 aliphatic carbocycles. The van der Waals surface area contributed by atoms with Crippen molar-refractivity contribution < 1.29 is 18.7 Å². The number of benzene rings is 1. The fourth-order valence-electron chi connectivity index (χ4n) is 5.21. The molecule has 37 heavy (non-hydrogen) atoms. The second-order valence-electron chi connectivity index (χ2n) is 9.86. The first-order valence-corrected chi connectivity index (χ1v) is 12.8. The number of rotatable bonds is 1. The van der Waals surface area contributed by atoms with Gasteiger partial charge in [0.1, 0.15) is 23.2 Å². The van der Waals surface area contributed by atoms with Gasteiger partial charge in [0.05, 0.1) is 17.3 Å². The SMILES string of the molecule is CN1CCNC(=O)COc2ccc(F)cc2C(=O)N2CCCC[C@H]2c2cc3nc(N4CCC4)cc1n3n2. The van der Waals surface area contributed by atoms with Crippen molar-refractivity contribution >= 4 is 29.1 Å². The van der Waals surface area contributed by atoms with Gasteiger partial charge in [-0.05, 0) is 43.9 Å². The molecule has 11 heteroatoms. The molecule has 0 unspecified atom stereocenters. The van der Waals surface area contributed by atoms with Gasteiger partial charge in [0.2, 0.25) is 0 Å². The lowest BCUT2D eigenvalue weighted by molar-refractivity contribution is -0.123. The summed E-state index contributed by atoms with van der Waals surface area (Å²) in [6.45, 7) is 3.12. The third-order valence-corrected chi connectivity index (χ3v) is 7.39. The van der Waals surface area contributed by atoms with Gasteiger partial charge in [-0.15, -0.1) is 0 Å². The van der Waals surface area contributed by atoms with E-state index in [1.165, 1.54) is 18.2 Å². The Balaban J connectivity index is 1.47. The van der Waals surface area contributed by atoms with Crippen molar-refractivity contribution in [1.29, 1.82) is 0 Å². The second-order valence-corrected chi connectivity index (χ2v) is 9.86. The van der Waals surface area contributed by atoms with Crippen LogP contribution in [0.5, 0.6) is 5.75 Å². The standard InChI is InChI=1S/C26H30FN7O3/c1-31-12-8-28-24(35)16-37-21-7-6-17(27)13-18(21)26(36)33-11-3-2-5-20(33)19-14-23-29-22(32-9-4-10-32)15-25(31)34(23)30-19/h6-7,13-15,20H,2-5,8-12,16H2,1H3,(H,28,35)/t20-/m0/s1. The molecule has 0 saturated carbocycles. The molecule has 3 aliphatic heterocycles. The van der Waals surface area contributed by atoms with Crippen LogP contribution in [0.4, 0.5) is 16.0 Å². The smallest absolute Gasteiger partial charge is 0.258 e. The molecule has 6 rings (SSSR count). The van der Waals surface area contributed by atoms with Gasteiger partial charge in [0.15, 0.2) is 12.3 Å². The van der Waals surface area contributed by atoms with Crippen LogP contribution in [0.1, 0.15) is 47.8 Å². The topological polar surface area (TPSA) is 95.3 Å². The Morgan fingerprint density at radius 2 is 1.92 bits per heavy atom. The number of halogens is 1. The predicted molar refractivity (Wildman–Crippen MR) is 136 cm³/mol.